The Balaban J connectivity index is 2.50. The molecule has 6 heteroatoms. The maximum Gasteiger partial charge on any atom is 0.412 e. The summed E-state index contributed by atoms with van der Waals surface area (Å²) in [6.07, 6.45) is 2.30. The minimum atomic E-state index is -0.487. The minimum absolute atomic E-state index is 0.233. The van der Waals surface area contributed by atoms with Crippen LogP contribution in [0.5, 0.6) is 0 Å². The minimum Gasteiger partial charge on any atom is -0.444 e. The quantitative estimate of drug-likeness (QED) is 0.614. The summed E-state index contributed by atoms with van der Waals surface area (Å²) in [6.45, 7) is 6.93. The van der Waals surface area contributed by atoms with Crippen LogP contribution in [0.15, 0.2) is 0 Å². The van der Waals surface area contributed by atoms with E-state index in [1.165, 1.54) is 0 Å². The van der Waals surface area contributed by atoms with Crippen LogP contribution in [0.4, 0.5) is 4.79 Å². The summed E-state index contributed by atoms with van der Waals surface area (Å²) in [5.41, 5.74) is -0.487. The number of piperidine rings is 1. The predicted octanol–water partition coefficient (Wildman–Crippen LogP) is 1.64. The molecule has 0 aromatic rings. The molecule has 1 heterocycles. The van der Waals surface area contributed by atoms with E-state index in [1.807, 2.05) is 20.8 Å². The predicted molar refractivity (Wildman–Crippen MR) is 66.7 cm³/mol. The highest BCUT2D eigenvalue weighted by Gasteiger charge is 2.30. The fourth-order valence-corrected chi connectivity index (χ4v) is 1.84. The number of carbonyl (C=O) groups is 1. The van der Waals surface area contributed by atoms with Crippen LogP contribution in [0, 0.1) is 0 Å². The van der Waals surface area contributed by atoms with Crippen LogP contribution < -0.4 is 5.90 Å². The molecule has 1 atom stereocenters. The van der Waals surface area contributed by atoms with E-state index in [0.29, 0.717) is 19.8 Å². The van der Waals surface area contributed by atoms with Crippen molar-refractivity contribution in [2.45, 2.75) is 51.9 Å². The van der Waals surface area contributed by atoms with Gasteiger partial charge >= 0.3 is 6.09 Å². The van der Waals surface area contributed by atoms with Gasteiger partial charge in [-0.1, -0.05) is 0 Å². The first kappa shape index (κ1) is 15.2. The van der Waals surface area contributed by atoms with Crippen LogP contribution in [0.1, 0.15) is 40.0 Å². The molecule has 0 aromatic carbocycles. The van der Waals surface area contributed by atoms with E-state index in [4.69, 9.17) is 15.4 Å². The lowest BCUT2D eigenvalue weighted by Gasteiger charge is -2.36. The maximum absolute atomic E-state index is 12.0. The van der Waals surface area contributed by atoms with Crippen molar-refractivity contribution in [1.82, 2.24) is 4.90 Å². The summed E-state index contributed by atoms with van der Waals surface area (Å²) in [5, 5.41) is 0. The van der Waals surface area contributed by atoms with Gasteiger partial charge in [0.25, 0.3) is 0 Å². The monoisotopic (exact) mass is 260 g/mol. The SMILES string of the molecule is CC(C)(C)OC(=O)N1CCCCC1OCCON. The van der Waals surface area contributed by atoms with Gasteiger partial charge in [0.05, 0.1) is 13.2 Å². The van der Waals surface area contributed by atoms with Crippen LogP contribution in [0.25, 0.3) is 0 Å². The van der Waals surface area contributed by atoms with Crippen molar-refractivity contribution in [2.24, 2.45) is 5.90 Å². The first-order valence-electron chi connectivity index (χ1n) is 6.37. The Bertz CT molecular complexity index is 265. The number of carbonyl (C=O) groups excluding carboxylic acids is 1. The van der Waals surface area contributed by atoms with Gasteiger partial charge in [0.15, 0.2) is 0 Å². The Morgan fingerprint density at radius 1 is 1.33 bits per heavy atom. The number of nitrogens with zero attached hydrogens (tertiary/aromatic N) is 1. The zero-order chi connectivity index (χ0) is 13.6. The first-order chi connectivity index (χ1) is 8.44. The van der Waals surface area contributed by atoms with Crippen LogP contribution >= 0.6 is 0 Å². The lowest BCUT2D eigenvalue weighted by molar-refractivity contribution is -0.0945. The van der Waals surface area contributed by atoms with Gasteiger partial charge in [0, 0.05) is 6.54 Å². The van der Waals surface area contributed by atoms with Gasteiger partial charge in [-0.25, -0.2) is 10.7 Å². The lowest BCUT2D eigenvalue weighted by Crippen LogP contribution is -2.47. The van der Waals surface area contributed by atoms with E-state index in [2.05, 4.69) is 4.84 Å². The Hall–Kier alpha value is -0.850. The average molecular weight is 260 g/mol. The van der Waals surface area contributed by atoms with Gasteiger partial charge in [0.1, 0.15) is 11.8 Å². The Morgan fingerprint density at radius 3 is 2.67 bits per heavy atom. The van der Waals surface area contributed by atoms with Crippen molar-refractivity contribution in [2.75, 3.05) is 19.8 Å². The zero-order valence-electron chi connectivity index (χ0n) is 11.5. The Kier molecular flexibility index (Phi) is 5.84. The highest BCUT2D eigenvalue weighted by molar-refractivity contribution is 5.68. The summed E-state index contributed by atoms with van der Waals surface area (Å²) >= 11 is 0. The van der Waals surface area contributed by atoms with Crippen LogP contribution in [-0.2, 0) is 14.3 Å². The van der Waals surface area contributed by atoms with Crippen molar-refractivity contribution in [1.29, 1.82) is 0 Å². The second kappa shape index (κ2) is 6.92. The second-order valence-corrected chi connectivity index (χ2v) is 5.37. The number of amides is 1. The molecule has 18 heavy (non-hydrogen) atoms. The smallest absolute Gasteiger partial charge is 0.412 e. The zero-order valence-corrected chi connectivity index (χ0v) is 11.5. The third kappa shape index (κ3) is 5.20. The average Bonchev–Trinajstić information content (AvgIpc) is 2.27. The molecule has 1 rings (SSSR count). The van der Waals surface area contributed by atoms with Gasteiger partial charge < -0.3 is 14.3 Å². The molecule has 1 fully saturated rings. The summed E-state index contributed by atoms with van der Waals surface area (Å²) in [5.74, 6) is 4.94. The molecule has 6 nitrogen and oxygen atoms in total. The number of hydrogen-bond acceptors (Lipinski definition) is 5. The highest BCUT2D eigenvalue weighted by Crippen LogP contribution is 2.21. The molecule has 0 bridgehead atoms. The Labute approximate surface area is 108 Å². The summed E-state index contributed by atoms with van der Waals surface area (Å²) in [6, 6.07) is 0. The second-order valence-electron chi connectivity index (χ2n) is 5.37. The molecule has 1 aliphatic rings. The van der Waals surface area contributed by atoms with E-state index in [1.54, 1.807) is 4.90 Å². The molecule has 0 saturated carbocycles. The standard InChI is InChI=1S/C12H24N2O4/c1-12(2,3)18-11(15)14-7-5-4-6-10(14)16-8-9-17-13/h10H,4-9,13H2,1-3H3. The topological polar surface area (TPSA) is 74.0 Å². The lowest BCUT2D eigenvalue weighted by atomic mass is 10.1. The summed E-state index contributed by atoms with van der Waals surface area (Å²) < 4.78 is 11.0. The summed E-state index contributed by atoms with van der Waals surface area (Å²) in [7, 11) is 0. The van der Waals surface area contributed by atoms with E-state index in [0.717, 1.165) is 19.3 Å². The van der Waals surface area contributed by atoms with Crippen LogP contribution in [0.3, 0.4) is 0 Å². The molecular weight excluding hydrogens is 236 g/mol. The van der Waals surface area contributed by atoms with Crippen LogP contribution in [-0.4, -0.2) is 42.6 Å². The molecule has 0 aliphatic carbocycles. The number of ether oxygens (including phenoxy) is 2. The molecular formula is C12H24N2O4. The van der Waals surface area contributed by atoms with E-state index in [-0.39, 0.29) is 12.3 Å². The first-order valence-corrected chi connectivity index (χ1v) is 6.37. The number of likely N-dealkylation sites (tertiary alicyclic amines) is 1. The fourth-order valence-electron chi connectivity index (χ4n) is 1.84. The van der Waals surface area contributed by atoms with Gasteiger partial charge in [-0.05, 0) is 40.0 Å². The molecule has 0 radical (unpaired) electrons. The molecule has 0 aromatic heterocycles. The van der Waals surface area contributed by atoms with E-state index < -0.39 is 5.60 Å². The van der Waals surface area contributed by atoms with Crippen molar-refractivity contribution in [3.05, 3.63) is 0 Å². The van der Waals surface area contributed by atoms with Gasteiger partial charge in [-0.15, -0.1) is 0 Å². The fraction of sp³-hybridized carbons (Fsp3) is 0.917. The van der Waals surface area contributed by atoms with Gasteiger partial charge in [-0.3, -0.25) is 4.90 Å². The number of hydrogen-bond donors (Lipinski definition) is 1. The molecule has 106 valence electrons. The van der Waals surface area contributed by atoms with Crippen molar-refractivity contribution in [3.63, 3.8) is 0 Å². The van der Waals surface area contributed by atoms with E-state index in [9.17, 15) is 4.79 Å². The molecule has 1 aliphatic heterocycles. The third-order valence-electron chi connectivity index (χ3n) is 2.59. The third-order valence-corrected chi connectivity index (χ3v) is 2.59. The van der Waals surface area contributed by atoms with Crippen molar-refractivity contribution < 1.29 is 19.1 Å². The van der Waals surface area contributed by atoms with Crippen LogP contribution in [0.2, 0.25) is 0 Å². The van der Waals surface area contributed by atoms with Gasteiger partial charge in [-0.2, -0.15) is 0 Å². The molecule has 1 amide bonds. The molecule has 1 saturated heterocycles. The molecule has 2 N–H and O–H groups in total. The largest absolute Gasteiger partial charge is 0.444 e. The number of rotatable bonds is 4. The number of nitrogens with two attached hydrogens (primary N) is 1. The Morgan fingerprint density at radius 2 is 2.06 bits per heavy atom. The van der Waals surface area contributed by atoms with E-state index >= 15 is 0 Å². The van der Waals surface area contributed by atoms with Crippen molar-refractivity contribution in [3.8, 4) is 0 Å². The highest BCUT2D eigenvalue weighted by atomic mass is 16.6. The summed E-state index contributed by atoms with van der Waals surface area (Å²) in [4.78, 5) is 18.1. The molecule has 1 unspecified atom stereocenters. The normalized spacial score (nSPS) is 20.9. The maximum atomic E-state index is 12.0. The molecule has 0 spiro atoms. The van der Waals surface area contributed by atoms with Gasteiger partial charge in [0.2, 0.25) is 0 Å². The van der Waals surface area contributed by atoms with Crippen molar-refractivity contribution >= 4 is 6.09 Å².